The molecular weight excluding hydrogens is 486 g/mol. The summed E-state index contributed by atoms with van der Waals surface area (Å²) in [6.45, 7) is 3.70. The Hall–Kier alpha value is -4.12. The highest BCUT2D eigenvalue weighted by Gasteiger charge is 2.14. The number of carbonyl (C=O) groups is 1. The summed E-state index contributed by atoms with van der Waals surface area (Å²) in [5.74, 6) is 1.87. The Kier molecular flexibility index (Phi) is 8.35. The van der Waals surface area contributed by atoms with Crippen molar-refractivity contribution in [1.29, 1.82) is 0 Å². The molecule has 2 N–H and O–H groups in total. The zero-order valence-corrected chi connectivity index (χ0v) is 20.7. The summed E-state index contributed by atoms with van der Waals surface area (Å²) in [6.07, 6.45) is 6.43. The first-order chi connectivity index (χ1) is 17.6. The lowest BCUT2D eigenvalue weighted by atomic mass is 10.2. The van der Waals surface area contributed by atoms with Gasteiger partial charge >= 0.3 is 6.03 Å². The predicted molar refractivity (Wildman–Crippen MR) is 135 cm³/mol. The van der Waals surface area contributed by atoms with Crippen LogP contribution in [-0.2, 0) is 6.54 Å². The number of benzene rings is 2. The number of rotatable bonds is 11. The topological polar surface area (TPSA) is 125 Å². The number of fused-ring (bicyclic) bond motifs is 1. The molecule has 0 aliphatic carbocycles. The van der Waals surface area contributed by atoms with E-state index in [0.717, 1.165) is 12.8 Å². The van der Waals surface area contributed by atoms with Crippen LogP contribution in [0.2, 0.25) is 5.02 Å². The van der Waals surface area contributed by atoms with Crippen LogP contribution < -0.4 is 24.8 Å². The highest BCUT2D eigenvalue weighted by atomic mass is 35.5. The van der Waals surface area contributed by atoms with Crippen molar-refractivity contribution in [1.82, 2.24) is 30.3 Å². The number of methoxy groups -OCH3 is 1. The number of carbonyl (C=O) groups excluding carboxylic acids is 1. The normalized spacial score (nSPS) is 10.8. The number of ether oxygens (including phenoxy) is 3. The number of aromatic nitrogens is 5. The molecule has 36 heavy (non-hydrogen) atoms. The molecule has 0 aliphatic heterocycles. The first-order valence-corrected chi connectivity index (χ1v) is 11.8. The van der Waals surface area contributed by atoms with E-state index in [1.807, 2.05) is 6.92 Å². The third-order valence-electron chi connectivity index (χ3n) is 5.08. The smallest absolute Gasteiger partial charge is 0.319 e. The van der Waals surface area contributed by atoms with Gasteiger partial charge in [0.25, 0.3) is 0 Å². The number of aryl methyl sites for hydroxylation is 1. The Morgan fingerprint density at radius 1 is 1.17 bits per heavy atom. The van der Waals surface area contributed by atoms with E-state index in [9.17, 15) is 4.79 Å². The fraction of sp³-hybridized carbons (Fsp3) is 0.292. The van der Waals surface area contributed by atoms with Crippen LogP contribution in [0.4, 0.5) is 10.5 Å². The zero-order chi connectivity index (χ0) is 25.3. The first-order valence-electron chi connectivity index (χ1n) is 11.4. The molecule has 4 aromatic rings. The second kappa shape index (κ2) is 12.0. The SMILES string of the molecule is CCCNC(=O)Nc1ccc(Oc2ncnc3cc(OCCCn4ccnn4)c(OC)cc23)cc1Cl. The minimum atomic E-state index is -0.322. The van der Waals surface area contributed by atoms with Crippen molar-refractivity contribution in [3.63, 3.8) is 0 Å². The van der Waals surface area contributed by atoms with Gasteiger partial charge in [-0.1, -0.05) is 23.7 Å². The number of hydrogen-bond donors (Lipinski definition) is 2. The number of nitrogens with zero attached hydrogens (tertiary/aromatic N) is 5. The van der Waals surface area contributed by atoms with Crippen LogP contribution in [0.25, 0.3) is 10.9 Å². The maximum Gasteiger partial charge on any atom is 0.319 e. The molecule has 2 aromatic carbocycles. The minimum absolute atomic E-state index is 0.322. The van der Waals surface area contributed by atoms with Crippen LogP contribution in [0, 0.1) is 0 Å². The number of urea groups is 1. The molecular formula is C24H26ClN7O4. The van der Waals surface area contributed by atoms with Gasteiger partial charge in [0.1, 0.15) is 12.1 Å². The van der Waals surface area contributed by atoms with Crippen molar-refractivity contribution in [2.24, 2.45) is 0 Å². The fourth-order valence-electron chi connectivity index (χ4n) is 3.33. The lowest BCUT2D eigenvalue weighted by Crippen LogP contribution is -2.29. The standard InChI is InChI=1S/C24H26ClN7O4/c1-3-7-26-24(33)30-19-6-5-16(12-18(19)25)36-23-17-13-21(34-2)22(14-20(17)27-15-28-23)35-11-4-9-32-10-8-29-31-32/h5-6,8,10,12-15H,3-4,7,9,11H2,1-2H3,(H2,26,30,33). The molecule has 12 heteroatoms. The van der Waals surface area contributed by atoms with Crippen molar-refractivity contribution >= 4 is 34.2 Å². The third kappa shape index (κ3) is 6.30. The monoisotopic (exact) mass is 511 g/mol. The Balaban J connectivity index is 1.47. The van der Waals surface area contributed by atoms with Gasteiger partial charge < -0.3 is 24.8 Å². The van der Waals surface area contributed by atoms with E-state index in [1.165, 1.54) is 6.33 Å². The van der Waals surface area contributed by atoms with E-state index in [-0.39, 0.29) is 6.03 Å². The molecule has 0 saturated carbocycles. The van der Waals surface area contributed by atoms with Gasteiger partial charge in [-0.15, -0.1) is 5.10 Å². The number of amides is 2. The van der Waals surface area contributed by atoms with E-state index in [0.29, 0.717) is 64.4 Å². The van der Waals surface area contributed by atoms with Gasteiger partial charge in [0.2, 0.25) is 5.88 Å². The maximum absolute atomic E-state index is 11.9. The molecule has 0 spiro atoms. The molecule has 188 valence electrons. The summed E-state index contributed by atoms with van der Waals surface area (Å²) >= 11 is 6.35. The summed E-state index contributed by atoms with van der Waals surface area (Å²) in [4.78, 5) is 20.5. The first kappa shape index (κ1) is 25.0. The molecule has 0 saturated heterocycles. The van der Waals surface area contributed by atoms with Gasteiger partial charge in [-0.2, -0.15) is 0 Å². The molecule has 2 aromatic heterocycles. The predicted octanol–water partition coefficient (Wildman–Crippen LogP) is 4.68. The number of halogens is 1. The molecule has 4 rings (SSSR count). The Morgan fingerprint density at radius 2 is 2.06 bits per heavy atom. The van der Waals surface area contributed by atoms with E-state index >= 15 is 0 Å². The molecule has 0 unspecified atom stereocenters. The fourth-order valence-corrected chi connectivity index (χ4v) is 3.55. The lowest BCUT2D eigenvalue weighted by molar-refractivity contribution is 0.252. The van der Waals surface area contributed by atoms with Crippen LogP contribution >= 0.6 is 11.6 Å². The largest absolute Gasteiger partial charge is 0.493 e. The van der Waals surface area contributed by atoms with Gasteiger partial charge in [0, 0.05) is 37.8 Å². The van der Waals surface area contributed by atoms with Crippen LogP contribution in [0.1, 0.15) is 19.8 Å². The summed E-state index contributed by atoms with van der Waals surface area (Å²) < 4.78 is 19.2. The van der Waals surface area contributed by atoms with Gasteiger partial charge in [-0.05, 0) is 24.6 Å². The lowest BCUT2D eigenvalue weighted by Gasteiger charge is -2.14. The molecule has 11 nitrogen and oxygen atoms in total. The minimum Gasteiger partial charge on any atom is -0.493 e. The second-order valence-corrected chi connectivity index (χ2v) is 8.10. The number of hydrogen-bond acceptors (Lipinski definition) is 8. The highest BCUT2D eigenvalue weighted by Crippen LogP contribution is 2.37. The van der Waals surface area contributed by atoms with Gasteiger partial charge in [-0.25, -0.2) is 14.8 Å². The number of nitrogens with one attached hydrogen (secondary N) is 2. The Bertz CT molecular complexity index is 1320. The summed E-state index contributed by atoms with van der Waals surface area (Å²) in [5, 5.41) is 14.1. The van der Waals surface area contributed by atoms with E-state index < -0.39 is 0 Å². The van der Waals surface area contributed by atoms with Crippen LogP contribution in [0.15, 0.2) is 49.1 Å². The molecule has 2 amide bonds. The van der Waals surface area contributed by atoms with Gasteiger partial charge in [0.15, 0.2) is 11.5 Å². The quantitative estimate of drug-likeness (QED) is 0.278. The van der Waals surface area contributed by atoms with E-state index in [2.05, 4.69) is 30.9 Å². The van der Waals surface area contributed by atoms with Crippen LogP contribution in [0.5, 0.6) is 23.1 Å². The number of anilines is 1. The van der Waals surface area contributed by atoms with Crippen molar-refractivity contribution in [3.05, 3.63) is 54.1 Å². The van der Waals surface area contributed by atoms with Crippen LogP contribution in [-0.4, -0.2) is 51.3 Å². The average Bonchev–Trinajstić information content (AvgIpc) is 3.40. The Morgan fingerprint density at radius 3 is 2.81 bits per heavy atom. The summed E-state index contributed by atoms with van der Waals surface area (Å²) in [7, 11) is 1.57. The second-order valence-electron chi connectivity index (χ2n) is 7.69. The van der Waals surface area contributed by atoms with Gasteiger partial charge in [0.05, 0.1) is 41.5 Å². The zero-order valence-electron chi connectivity index (χ0n) is 19.9. The maximum atomic E-state index is 11.9. The van der Waals surface area contributed by atoms with Crippen LogP contribution in [0.3, 0.4) is 0 Å². The van der Waals surface area contributed by atoms with Crippen molar-refractivity contribution in [3.8, 4) is 23.1 Å². The van der Waals surface area contributed by atoms with E-state index in [1.54, 1.807) is 54.5 Å². The average molecular weight is 512 g/mol. The van der Waals surface area contributed by atoms with Crippen molar-refractivity contribution in [2.75, 3.05) is 25.6 Å². The third-order valence-corrected chi connectivity index (χ3v) is 5.40. The molecule has 0 bridgehead atoms. The van der Waals surface area contributed by atoms with Crippen molar-refractivity contribution in [2.45, 2.75) is 26.3 Å². The Labute approximate surface area is 212 Å². The van der Waals surface area contributed by atoms with Crippen molar-refractivity contribution < 1.29 is 19.0 Å². The molecule has 0 radical (unpaired) electrons. The molecule has 0 aliphatic rings. The molecule has 0 fully saturated rings. The molecule has 0 atom stereocenters. The summed E-state index contributed by atoms with van der Waals surface area (Å²) in [6, 6.07) is 8.20. The summed E-state index contributed by atoms with van der Waals surface area (Å²) in [5.41, 5.74) is 1.10. The molecule has 2 heterocycles. The van der Waals surface area contributed by atoms with Gasteiger partial charge in [-0.3, -0.25) is 4.68 Å². The highest BCUT2D eigenvalue weighted by molar-refractivity contribution is 6.33. The van der Waals surface area contributed by atoms with E-state index in [4.69, 9.17) is 25.8 Å².